The van der Waals surface area contributed by atoms with E-state index in [1.54, 1.807) is 0 Å². The second-order valence-electron chi connectivity index (χ2n) is 14.0. The van der Waals surface area contributed by atoms with Gasteiger partial charge in [0.25, 0.3) is 0 Å². The number of hydrogen-bond donors (Lipinski definition) is 0. The number of hydrogen-bond acceptors (Lipinski definition) is 5. The average Bonchev–Trinajstić information content (AvgIpc) is 3.85. The largest absolute Gasteiger partial charge is 0.208 e. The summed E-state index contributed by atoms with van der Waals surface area (Å²) in [7, 11) is 0. The first-order valence-corrected chi connectivity index (χ1v) is 20.3. The van der Waals surface area contributed by atoms with Crippen LogP contribution in [0.5, 0.6) is 0 Å². The van der Waals surface area contributed by atoms with Gasteiger partial charge in [-0.15, -0.1) is 22.7 Å². The van der Waals surface area contributed by atoms with Gasteiger partial charge in [0.15, 0.2) is 17.5 Å². The van der Waals surface area contributed by atoms with Gasteiger partial charge in [0, 0.05) is 57.0 Å². The van der Waals surface area contributed by atoms with Crippen LogP contribution in [0, 0.1) is 0 Å². The summed E-state index contributed by atoms with van der Waals surface area (Å²) in [6.07, 6.45) is 0. The van der Waals surface area contributed by atoms with Crippen molar-refractivity contribution in [2.24, 2.45) is 0 Å². The Morgan fingerprint density at radius 3 is 1.43 bits per heavy atom. The molecule has 0 atom stereocenters. The van der Waals surface area contributed by atoms with Crippen LogP contribution in [-0.4, -0.2) is 15.0 Å². The highest BCUT2D eigenvalue weighted by Crippen LogP contribution is 2.46. The standard InChI is InChI=1S/C51H31N3S2/c1-4-12-32(13-5-1)33-20-22-36(23-21-33)50-52-49(35-16-8-3-9-17-35)53-51(54-50)38-25-27-42-41-26-24-37(30-45(41)55-46(42)31-38)39-28-29-40(34-14-6-2-7-15-34)48-47(39)43-18-10-11-19-44(43)56-48/h1-31H. The Kier molecular flexibility index (Phi) is 7.87. The maximum Gasteiger partial charge on any atom is 0.164 e. The van der Waals surface area contributed by atoms with Crippen molar-refractivity contribution in [3.05, 3.63) is 188 Å². The van der Waals surface area contributed by atoms with E-state index < -0.39 is 0 Å². The number of fused-ring (bicyclic) bond motifs is 6. The molecule has 0 N–H and O–H groups in total. The van der Waals surface area contributed by atoms with Gasteiger partial charge in [-0.25, -0.2) is 15.0 Å². The number of thiophene rings is 2. The van der Waals surface area contributed by atoms with Gasteiger partial charge in [0.2, 0.25) is 0 Å². The molecule has 0 aliphatic heterocycles. The normalized spacial score (nSPS) is 11.6. The van der Waals surface area contributed by atoms with E-state index >= 15 is 0 Å². The number of nitrogens with zero attached hydrogens (tertiary/aromatic N) is 3. The summed E-state index contributed by atoms with van der Waals surface area (Å²) in [5.41, 5.74) is 10.2. The third-order valence-corrected chi connectivity index (χ3v) is 12.9. The molecule has 0 amide bonds. The molecular weight excluding hydrogens is 719 g/mol. The Hall–Kier alpha value is -6.79. The molecule has 0 aliphatic carbocycles. The zero-order valence-electron chi connectivity index (χ0n) is 30.1. The highest BCUT2D eigenvalue weighted by Gasteiger charge is 2.18. The highest BCUT2D eigenvalue weighted by molar-refractivity contribution is 7.26. The Bertz CT molecular complexity index is 3220. The molecule has 3 nitrogen and oxygen atoms in total. The van der Waals surface area contributed by atoms with E-state index in [2.05, 4.69) is 164 Å². The first kappa shape index (κ1) is 32.6. The van der Waals surface area contributed by atoms with Gasteiger partial charge in [-0.3, -0.25) is 0 Å². The lowest BCUT2D eigenvalue weighted by molar-refractivity contribution is 1.07. The van der Waals surface area contributed by atoms with Crippen molar-refractivity contribution in [2.75, 3.05) is 0 Å². The smallest absolute Gasteiger partial charge is 0.164 e. The molecule has 0 unspecified atom stereocenters. The fourth-order valence-electron chi connectivity index (χ4n) is 7.79. The van der Waals surface area contributed by atoms with Gasteiger partial charge in [0.05, 0.1) is 0 Å². The molecule has 0 saturated carbocycles. The monoisotopic (exact) mass is 749 g/mol. The van der Waals surface area contributed by atoms with E-state index in [1.807, 2.05) is 46.9 Å². The van der Waals surface area contributed by atoms with Gasteiger partial charge in [-0.1, -0.05) is 170 Å². The molecule has 0 spiro atoms. The van der Waals surface area contributed by atoms with Crippen LogP contribution in [0.3, 0.4) is 0 Å². The molecule has 11 aromatic rings. The van der Waals surface area contributed by atoms with E-state index in [1.165, 1.54) is 68.2 Å². The van der Waals surface area contributed by atoms with Gasteiger partial charge in [-0.2, -0.15) is 0 Å². The summed E-state index contributed by atoms with van der Waals surface area (Å²) in [4.78, 5) is 15.1. The van der Waals surface area contributed by atoms with Crippen molar-refractivity contribution < 1.29 is 0 Å². The SMILES string of the molecule is c1ccc(-c2ccc(-c3nc(-c4ccccc4)nc(-c4ccc5c(c4)sc4cc(-c6ccc(-c7ccccc7)c7sc8ccccc8c67)ccc45)n3)cc2)cc1. The minimum atomic E-state index is 0.653. The van der Waals surface area contributed by atoms with Gasteiger partial charge >= 0.3 is 0 Å². The average molecular weight is 750 g/mol. The number of benzene rings is 8. The molecule has 56 heavy (non-hydrogen) atoms. The molecule has 3 heterocycles. The summed E-state index contributed by atoms with van der Waals surface area (Å²) in [5, 5.41) is 5.12. The summed E-state index contributed by atoms with van der Waals surface area (Å²) in [6.45, 7) is 0. The predicted octanol–water partition coefficient (Wildman–Crippen LogP) is 14.6. The van der Waals surface area contributed by atoms with E-state index in [0.717, 1.165) is 22.3 Å². The van der Waals surface area contributed by atoms with Crippen LogP contribution in [0.2, 0.25) is 0 Å². The third-order valence-electron chi connectivity index (χ3n) is 10.6. The minimum Gasteiger partial charge on any atom is -0.208 e. The first-order chi connectivity index (χ1) is 27.7. The van der Waals surface area contributed by atoms with E-state index in [9.17, 15) is 0 Å². The predicted molar refractivity (Wildman–Crippen MR) is 238 cm³/mol. The summed E-state index contributed by atoms with van der Waals surface area (Å²) in [6, 6.07) is 66.8. The molecule has 0 aliphatic rings. The van der Waals surface area contributed by atoms with Crippen LogP contribution in [-0.2, 0) is 0 Å². The second kappa shape index (κ2) is 13.5. The third kappa shape index (κ3) is 5.68. The Balaban J connectivity index is 1.01. The molecule has 0 saturated heterocycles. The fraction of sp³-hybridized carbons (Fsp3) is 0. The fourth-order valence-corrected chi connectivity index (χ4v) is 10.2. The van der Waals surface area contributed by atoms with Gasteiger partial charge in [-0.05, 0) is 51.6 Å². The van der Waals surface area contributed by atoms with Crippen molar-refractivity contribution in [3.63, 3.8) is 0 Å². The lowest BCUT2D eigenvalue weighted by Gasteiger charge is -2.10. The van der Waals surface area contributed by atoms with Crippen LogP contribution in [0.25, 0.3) is 108 Å². The van der Waals surface area contributed by atoms with E-state index in [4.69, 9.17) is 15.0 Å². The first-order valence-electron chi connectivity index (χ1n) is 18.7. The number of aromatic nitrogens is 3. The molecule has 3 aromatic heterocycles. The molecule has 0 fully saturated rings. The van der Waals surface area contributed by atoms with Crippen molar-refractivity contribution >= 4 is 63.0 Å². The van der Waals surface area contributed by atoms with Gasteiger partial charge in [0.1, 0.15) is 0 Å². The molecule has 8 aromatic carbocycles. The molecule has 11 rings (SSSR count). The summed E-state index contributed by atoms with van der Waals surface area (Å²) >= 11 is 3.71. The Morgan fingerprint density at radius 2 is 0.750 bits per heavy atom. The van der Waals surface area contributed by atoms with Gasteiger partial charge < -0.3 is 0 Å². The lowest BCUT2D eigenvalue weighted by atomic mass is 9.94. The Labute approximate surface area is 331 Å². The number of rotatable bonds is 6. The Morgan fingerprint density at radius 1 is 0.286 bits per heavy atom. The maximum absolute atomic E-state index is 5.08. The maximum atomic E-state index is 5.08. The molecule has 5 heteroatoms. The second-order valence-corrected chi connectivity index (χ2v) is 16.1. The van der Waals surface area contributed by atoms with Crippen molar-refractivity contribution in [2.45, 2.75) is 0 Å². The minimum absolute atomic E-state index is 0.653. The summed E-state index contributed by atoms with van der Waals surface area (Å²) < 4.78 is 5.10. The zero-order chi connectivity index (χ0) is 37.0. The molecule has 0 radical (unpaired) electrons. The highest BCUT2D eigenvalue weighted by atomic mass is 32.1. The van der Waals surface area contributed by atoms with E-state index in [0.29, 0.717) is 17.5 Å². The van der Waals surface area contributed by atoms with Crippen molar-refractivity contribution in [1.29, 1.82) is 0 Å². The van der Waals surface area contributed by atoms with Crippen LogP contribution >= 0.6 is 22.7 Å². The quantitative estimate of drug-likeness (QED) is 0.170. The van der Waals surface area contributed by atoms with Crippen LogP contribution < -0.4 is 0 Å². The molecule has 262 valence electrons. The van der Waals surface area contributed by atoms with E-state index in [-0.39, 0.29) is 0 Å². The summed E-state index contributed by atoms with van der Waals surface area (Å²) in [5.74, 6) is 1.97. The zero-order valence-corrected chi connectivity index (χ0v) is 31.7. The van der Waals surface area contributed by atoms with Crippen molar-refractivity contribution in [1.82, 2.24) is 15.0 Å². The molecular formula is C51H31N3S2. The van der Waals surface area contributed by atoms with Crippen molar-refractivity contribution in [3.8, 4) is 67.5 Å². The van der Waals surface area contributed by atoms with Crippen LogP contribution in [0.1, 0.15) is 0 Å². The lowest BCUT2D eigenvalue weighted by Crippen LogP contribution is -2.00. The topological polar surface area (TPSA) is 38.7 Å². The van der Waals surface area contributed by atoms with Crippen LogP contribution in [0.15, 0.2) is 188 Å². The van der Waals surface area contributed by atoms with Crippen LogP contribution in [0.4, 0.5) is 0 Å². The molecule has 0 bridgehead atoms.